The van der Waals surface area contributed by atoms with Crippen molar-refractivity contribution in [1.29, 1.82) is 0 Å². The monoisotopic (exact) mass is 298 g/mol. The molecule has 0 amide bonds. The Balaban J connectivity index is 2.23. The first-order valence-electron chi connectivity index (χ1n) is 7.41. The number of hydrogen-bond donors (Lipinski definition) is 1. The zero-order valence-corrected chi connectivity index (χ0v) is 12.9. The molecule has 0 spiro atoms. The summed E-state index contributed by atoms with van der Waals surface area (Å²) in [5.41, 5.74) is 12.1. The number of hydrogen-bond acceptors (Lipinski definition) is 3. The minimum atomic E-state index is -0.145. The van der Waals surface area contributed by atoms with Crippen LogP contribution in [0, 0.1) is 13.8 Å². The van der Waals surface area contributed by atoms with Crippen molar-refractivity contribution >= 4 is 10.9 Å². The second-order valence-electron chi connectivity index (χ2n) is 5.77. The Labute approximate surface area is 127 Å². The number of H-pyrrole nitrogens is 1. The fourth-order valence-corrected chi connectivity index (χ4v) is 3.26. The van der Waals surface area contributed by atoms with Gasteiger partial charge in [0.2, 0.25) is 0 Å². The molecule has 1 aliphatic heterocycles. The average Bonchev–Trinajstić information content (AvgIpc) is 2.84. The molecule has 1 aromatic heterocycles. The van der Waals surface area contributed by atoms with Crippen LogP contribution < -0.4 is 10.3 Å². The quantitative estimate of drug-likeness (QED) is 0.531. The van der Waals surface area contributed by atoms with Gasteiger partial charge in [-0.3, -0.25) is 4.79 Å². The lowest BCUT2D eigenvalue weighted by Gasteiger charge is -2.14. The van der Waals surface area contributed by atoms with Gasteiger partial charge in [-0.2, -0.15) is 0 Å². The minimum Gasteiger partial charge on any atom is -0.489 e. The van der Waals surface area contributed by atoms with Crippen molar-refractivity contribution in [3.05, 3.63) is 49.6 Å². The Hall–Kier alpha value is -2.46. The topological polar surface area (TPSA) is 90.9 Å². The lowest BCUT2D eigenvalue weighted by Crippen LogP contribution is -2.21. The molecule has 2 unspecified atom stereocenters. The molecule has 0 bridgehead atoms. The molecule has 1 aliphatic rings. The molecule has 6 heteroatoms. The van der Waals surface area contributed by atoms with Crippen molar-refractivity contribution in [1.82, 2.24) is 4.98 Å². The maximum atomic E-state index is 11.9. The molecule has 0 fully saturated rings. The van der Waals surface area contributed by atoms with Crippen molar-refractivity contribution in [2.75, 3.05) is 6.54 Å². The molecule has 0 saturated heterocycles. The van der Waals surface area contributed by atoms with E-state index in [0.717, 1.165) is 34.2 Å². The lowest BCUT2D eigenvalue weighted by molar-refractivity contribution is 0.213. The van der Waals surface area contributed by atoms with Crippen molar-refractivity contribution in [3.8, 4) is 5.75 Å². The third-order valence-corrected chi connectivity index (χ3v) is 4.38. The van der Waals surface area contributed by atoms with E-state index in [0.29, 0.717) is 12.1 Å². The first-order valence-corrected chi connectivity index (χ1v) is 7.41. The van der Waals surface area contributed by atoms with Crippen LogP contribution in [0.1, 0.15) is 36.0 Å². The van der Waals surface area contributed by atoms with Gasteiger partial charge in [-0.25, -0.2) is 0 Å². The van der Waals surface area contributed by atoms with E-state index in [9.17, 15) is 4.79 Å². The zero-order valence-electron chi connectivity index (χ0n) is 12.9. The molecule has 22 heavy (non-hydrogen) atoms. The second kappa shape index (κ2) is 5.39. The van der Waals surface area contributed by atoms with E-state index >= 15 is 0 Å². The SMILES string of the molecule is CCC1c2cc(C)c3[nH]c(=O)c(C)cc3c2OC1CN=[N+]=[N-]. The summed E-state index contributed by atoms with van der Waals surface area (Å²) in [6.45, 7) is 6.19. The van der Waals surface area contributed by atoms with Gasteiger partial charge in [-0.15, -0.1) is 0 Å². The molecule has 1 N–H and O–H groups in total. The number of nitrogens with zero attached hydrogens (tertiary/aromatic N) is 3. The Morgan fingerprint density at radius 3 is 2.82 bits per heavy atom. The molecule has 0 aliphatic carbocycles. The maximum absolute atomic E-state index is 11.9. The summed E-state index contributed by atoms with van der Waals surface area (Å²) in [7, 11) is 0. The highest BCUT2D eigenvalue weighted by Gasteiger charge is 2.34. The minimum absolute atomic E-state index is 0.0776. The van der Waals surface area contributed by atoms with Crippen LogP contribution in [0.4, 0.5) is 0 Å². The summed E-state index contributed by atoms with van der Waals surface area (Å²) >= 11 is 0. The van der Waals surface area contributed by atoms with E-state index in [1.165, 1.54) is 0 Å². The molecule has 2 heterocycles. The first-order chi connectivity index (χ1) is 10.6. The predicted molar refractivity (Wildman–Crippen MR) is 85.5 cm³/mol. The predicted octanol–water partition coefficient (Wildman–Crippen LogP) is 3.71. The second-order valence-corrected chi connectivity index (χ2v) is 5.77. The van der Waals surface area contributed by atoms with Gasteiger partial charge in [-0.1, -0.05) is 12.0 Å². The Morgan fingerprint density at radius 2 is 2.14 bits per heavy atom. The van der Waals surface area contributed by atoms with Crippen molar-refractivity contribution in [2.45, 2.75) is 39.2 Å². The van der Waals surface area contributed by atoms with Crippen LogP contribution in [0.2, 0.25) is 0 Å². The number of fused-ring (bicyclic) bond motifs is 3. The highest BCUT2D eigenvalue weighted by molar-refractivity contribution is 5.90. The van der Waals surface area contributed by atoms with Crippen LogP contribution in [0.5, 0.6) is 5.75 Å². The lowest BCUT2D eigenvalue weighted by atomic mass is 9.90. The van der Waals surface area contributed by atoms with E-state index in [4.69, 9.17) is 10.3 Å². The standard InChI is InChI=1S/C16H18N4O2/c1-4-10-11-5-8(2)14-12(6-9(3)16(21)19-14)15(11)22-13(10)7-18-20-17/h5-6,10,13H,4,7H2,1-3H3,(H,19,21). The third kappa shape index (κ3) is 2.12. The molecule has 2 aromatic rings. The normalized spacial score (nSPS) is 19.6. The van der Waals surface area contributed by atoms with E-state index < -0.39 is 0 Å². The summed E-state index contributed by atoms with van der Waals surface area (Å²) in [6, 6.07) is 3.95. The Morgan fingerprint density at radius 1 is 1.36 bits per heavy atom. The molecular weight excluding hydrogens is 280 g/mol. The van der Waals surface area contributed by atoms with Gasteiger partial charge in [0.15, 0.2) is 0 Å². The van der Waals surface area contributed by atoms with Gasteiger partial charge in [0.25, 0.3) is 5.56 Å². The highest BCUT2D eigenvalue weighted by atomic mass is 16.5. The summed E-state index contributed by atoms with van der Waals surface area (Å²) in [4.78, 5) is 17.6. The molecule has 0 saturated carbocycles. The maximum Gasteiger partial charge on any atom is 0.251 e. The van der Waals surface area contributed by atoms with E-state index in [1.54, 1.807) is 6.92 Å². The number of ether oxygens (including phenoxy) is 1. The van der Waals surface area contributed by atoms with Crippen molar-refractivity contribution in [2.24, 2.45) is 5.11 Å². The number of nitrogens with one attached hydrogen (secondary N) is 1. The average molecular weight is 298 g/mol. The number of pyridine rings is 1. The molecule has 1 aromatic carbocycles. The highest BCUT2D eigenvalue weighted by Crippen LogP contribution is 2.45. The molecular formula is C16H18N4O2. The molecule has 6 nitrogen and oxygen atoms in total. The third-order valence-electron chi connectivity index (χ3n) is 4.38. The summed E-state index contributed by atoms with van der Waals surface area (Å²) in [5, 5.41) is 4.59. The molecule has 114 valence electrons. The van der Waals surface area contributed by atoms with Crippen molar-refractivity contribution < 1.29 is 4.74 Å². The van der Waals surface area contributed by atoms with Gasteiger partial charge in [0.05, 0.1) is 12.1 Å². The smallest absolute Gasteiger partial charge is 0.251 e. The van der Waals surface area contributed by atoms with Crippen LogP contribution in [0.15, 0.2) is 22.0 Å². The van der Waals surface area contributed by atoms with Crippen LogP contribution in [0.3, 0.4) is 0 Å². The number of aromatic nitrogens is 1. The number of rotatable bonds is 3. The number of aryl methyl sites for hydroxylation is 2. The number of benzene rings is 1. The van der Waals surface area contributed by atoms with Gasteiger partial charge >= 0.3 is 0 Å². The summed E-state index contributed by atoms with van der Waals surface area (Å²) in [6.07, 6.45) is 0.763. The fourth-order valence-electron chi connectivity index (χ4n) is 3.26. The largest absolute Gasteiger partial charge is 0.489 e. The first kappa shape index (κ1) is 14.5. The summed E-state index contributed by atoms with van der Waals surface area (Å²) in [5.74, 6) is 1.01. The molecule has 2 atom stereocenters. The molecule has 0 radical (unpaired) electrons. The van der Waals surface area contributed by atoms with Gasteiger partial charge in [0.1, 0.15) is 11.9 Å². The summed E-state index contributed by atoms with van der Waals surface area (Å²) < 4.78 is 6.09. The number of aromatic amines is 1. The Bertz CT molecular complexity index is 849. The van der Waals surface area contributed by atoms with Crippen LogP contribution in [-0.4, -0.2) is 17.6 Å². The van der Waals surface area contributed by atoms with E-state index in [2.05, 4.69) is 28.0 Å². The van der Waals surface area contributed by atoms with Gasteiger partial charge in [-0.05, 0) is 43.5 Å². The zero-order chi connectivity index (χ0) is 15.9. The number of azide groups is 1. The van der Waals surface area contributed by atoms with Crippen molar-refractivity contribution in [3.63, 3.8) is 0 Å². The molecule has 3 rings (SSSR count). The van der Waals surface area contributed by atoms with E-state index in [-0.39, 0.29) is 17.6 Å². The Kier molecular flexibility index (Phi) is 3.54. The van der Waals surface area contributed by atoms with Gasteiger partial charge < -0.3 is 9.72 Å². The van der Waals surface area contributed by atoms with Crippen LogP contribution in [-0.2, 0) is 0 Å². The van der Waals surface area contributed by atoms with E-state index in [1.807, 2.05) is 13.0 Å². The van der Waals surface area contributed by atoms with Crippen LogP contribution in [0.25, 0.3) is 21.3 Å². The van der Waals surface area contributed by atoms with Gasteiger partial charge in [0, 0.05) is 27.3 Å². The fraction of sp³-hybridized carbons (Fsp3) is 0.438. The van der Waals surface area contributed by atoms with Crippen LogP contribution >= 0.6 is 0 Å².